The minimum absolute atomic E-state index is 0.939. The Morgan fingerprint density at radius 2 is 0.902 bits per heavy atom. The molecule has 0 aliphatic heterocycles. The molecule has 0 atom stereocenters. The van der Waals surface area contributed by atoms with Gasteiger partial charge in [-0.2, -0.15) is 0 Å². The van der Waals surface area contributed by atoms with E-state index < -0.39 is 0 Å². The predicted molar refractivity (Wildman–Crippen MR) is 221 cm³/mol. The van der Waals surface area contributed by atoms with Gasteiger partial charge < -0.3 is 0 Å². The summed E-state index contributed by atoms with van der Waals surface area (Å²) in [5.41, 5.74) is 13.1. The monoisotopic (exact) mass is 653 g/mol. The lowest BCUT2D eigenvalue weighted by Crippen LogP contribution is -2.00. The smallest absolute Gasteiger partial charge is 0.0743 e. The Kier molecular flexibility index (Phi) is 8.48. The van der Waals surface area contributed by atoms with E-state index in [9.17, 15) is 0 Å². The minimum atomic E-state index is 0.939. The van der Waals surface area contributed by atoms with Gasteiger partial charge in [-0.25, -0.2) is 0 Å². The number of aliphatic imine (C=N–C) groups is 1. The molecule has 8 rings (SSSR count). The topological polar surface area (TPSA) is 12.4 Å². The van der Waals surface area contributed by atoms with E-state index in [0.717, 1.165) is 44.8 Å². The van der Waals surface area contributed by atoms with Gasteiger partial charge >= 0.3 is 0 Å². The van der Waals surface area contributed by atoms with Crippen LogP contribution in [-0.2, 0) is 0 Å². The van der Waals surface area contributed by atoms with E-state index in [0.29, 0.717) is 0 Å². The Balaban J connectivity index is 1.25. The van der Waals surface area contributed by atoms with Crippen LogP contribution in [0.5, 0.6) is 0 Å². The van der Waals surface area contributed by atoms with Crippen LogP contribution in [0.15, 0.2) is 187 Å². The zero-order valence-electron chi connectivity index (χ0n) is 29.3. The number of hydrogen-bond acceptors (Lipinski definition) is 1. The van der Waals surface area contributed by atoms with Crippen molar-refractivity contribution >= 4 is 49.3 Å². The molecule has 8 aromatic rings. The average molecular weight is 654 g/mol. The fourth-order valence-corrected chi connectivity index (χ4v) is 7.28. The molecule has 0 N–H and O–H groups in total. The summed E-state index contributed by atoms with van der Waals surface area (Å²) in [5.74, 6) is 0. The second kappa shape index (κ2) is 13.5. The van der Waals surface area contributed by atoms with Gasteiger partial charge in [-0.1, -0.05) is 158 Å². The van der Waals surface area contributed by atoms with Crippen molar-refractivity contribution in [1.29, 1.82) is 0 Å². The second-order valence-electron chi connectivity index (χ2n) is 13.3. The van der Waals surface area contributed by atoms with Gasteiger partial charge in [-0.15, -0.1) is 0 Å². The highest BCUT2D eigenvalue weighted by molar-refractivity contribution is 6.25. The van der Waals surface area contributed by atoms with E-state index >= 15 is 0 Å². The van der Waals surface area contributed by atoms with Crippen LogP contribution in [0.3, 0.4) is 0 Å². The molecular formula is C50H39N. The quantitative estimate of drug-likeness (QED) is 0.0922. The minimum Gasteiger partial charge on any atom is -0.252 e. The average Bonchev–Trinajstić information content (AvgIpc) is 3.20. The standard InChI is InChI=1S/C50H39N/c1-33-26-27-41(31-48(33)50(51-36(4)38-18-9-6-10-19-38)35(3)34(2)37-16-7-5-8-17-37)39-20-15-21-40(30-39)42-28-29-47-45-24-12-11-22-43(45)44-23-13-14-25-46(44)49(47)32-42/h5-32H,2H2,1,3-4H3/b50-35-,51-36?. The molecule has 0 aliphatic rings. The summed E-state index contributed by atoms with van der Waals surface area (Å²) in [6.45, 7) is 10.9. The predicted octanol–water partition coefficient (Wildman–Crippen LogP) is 13.7. The van der Waals surface area contributed by atoms with Gasteiger partial charge in [-0.05, 0) is 121 Å². The van der Waals surface area contributed by atoms with Crippen molar-refractivity contribution in [3.8, 4) is 22.3 Å². The molecule has 0 bridgehead atoms. The van der Waals surface area contributed by atoms with Crippen molar-refractivity contribution < 1.29 is 0 Å². The van der Waals surface area contributed by atoms with Crippen LogP contribution in [0.4, 0.5) is 0 Å². The number of hydrogen-bond donors (Lipinski definition) is 0. The molecule has 0 aliphatic carbocycles. The first-order valence-corrected chi connectivity index (χ1v) is 17.6. The SMILES string of the molecule is C=C(/C(C)=C(\N=C(C)c1ccccc1)c1cc(-c2cccc(-c3ccc4c5ccccc5c5ccccc5c4c3)c2)ccc1C)c1ccccc1. The van der Waals surface area contributed by atoms with Crippen molar-refractivity contribution in [2.75, 3.05) is 0 Å². The van der Waals surface area contributed by atoms with Crippen LogP contribution < -0.4 is 0 Å². The van der Waals surface area contributed by atoms with Crippen LogP contribution in [0.2, 0.25) is 0 Å². The largest absolute Gasteiger partial charge is 0.252 e. The molecule has 0 saturated heterocycles. The third-order valence-electron chi connectivity index (χ3n) is 10.2. The molecule has 244 valence electrons. The number of nitrogens with zero attached hydrogens (tertiary/aromatic N) is 1. The summed E-state index contributed by atoms with van der Waals surface area (Å²) in [6.07, 6.45) is 0. The number of aryl methyl sites for hydroxylation is 1. The van der Waals surface area contributed by atoms with Gasteiger partial charge in [0.15, 0.2) is 0 Å². The highest BCUT2D eigenvalue weighted by Gasteiger charge is 2.15. The summed E-state index contributed by atoms with van der Waals surface area (Å²) in [5, 5.41) is 7.72. The molecule has 0 unspecified atom stereocenters. The van der Waals surface area contributed by atoms with Crippen molar-refractivity contribution in [3.05, 3.63) is 204 Å². The van der Waals surface area contributed by atoms with Crippen LogP contribution in [0.25, 0.3) is 65.8 Å². The van der Waals surface area contributed by atoms with Crippen molar-refractivity contribution in [1.82, 2.24) is 0 Å². The van der Waals surface area contributed by atoms with Crippen LogP contribution in [0, 0.1) is 6.92 Å². The molecule has 0 aromatic heterocycles. The summed E-state index contributed by atoms with van der Waals surface area (Å²) in [7, 11) is 0. The Morgan fingerprint density at radius 1 is 0.431 bits per heavy atom. The lowest BCUT2D eigenvalue weighted by Gasteiger charge is -2.17. The summed E-state index contributed by atoms with van der Waals surface area (Å²) >= 11 is 0. The molecule has 51 heavy (non-hydrogen) atoms. The van der Waals surface area contributed by atoms with Crippen LogP contribution >= 0.6 is 0 Å². The first-order chi connectivity index (χ1) is 25.0. The lowest BCUT2D eigenvalue weighted by atomic mass is 9.90. The maximum Gasteiger partial charge on any atom is 0.0743 e. The number of rotatable bonds is 7. The van der Waals surface area contributed by atoms with Gasteiger partial charge in [0.2, 0.25) is 0 Å². The summed E-state index contributed by atoms with van der Waals surface area (Å²) in [4.78, 5) is 5.34. The van der Waals surface area contributed by atoms with Gasteiger partial charge in [0.1, 0.15) is 0 Å². The third-order valence-corrected chi connectivity index (χ3v) is 10.2. The molecule has 1 nitrogen and oxygen atoms in total. The van der Waals surface area contributed by atoms with Crippen LogP contribution in [-0.4, -0.2) is 5.71 Å². The number of allylic oxidation sites excluding steroid dienone is 2. The maximum atomic E-state index is 5.34. The molecule has 0 spiro atoms. The Bertz CT molecular complexity index is 2620. The molecule has 8 aromatic carbocycles. The zero-order chi connectivity index (χ0) is 34.9. The van der Waals surface area contributed by atoms with Crippen LogP contribution in [0.1, 0.15) is 36.1 Å². The molecule has 0 heterocycles. The Hall–Kier alpha value is -6.31. The third kappa shape index (κ3) is 6.09. The lowest BCUT2D eigenvalue weighted by molar-refractivity contribution is 1.34. The van der Waals surface area contributed by atoms with E-state index in [2.05, 4.69) is 185 Å². The molecular weight excluding hydrogens is 615 g/mol. The zero-order valence-corrected chi connectivity index (χ0v) is 29.3. The molecule has 1 heteroatoms. The van der Waals surface area contributed by atoms with Crippen molar-refractivity contribution in [2.45, 2.75) is 20.8 Å². The normalized spacial score (nSPS) is 12.3. The van der Waals surface area contributed by atoms with Gasteiger partial charge in [0.05, 0.1) is 5.70 Å². The number of fused-ring (bicyclic) bond motifs is 6. The molecule has 0 fully saturated rings. The Morgan fingerprint density at radius 3 is 1.51 bits per heavy atom. The first-order valence-electron chi connectivity index (χ1n) is 17.6. The first kappa shape index (κ1) is 31.9. The highest BCUT2D eigenvalue weighted by atomic mass is 14.8. The molecule has 0 amide bonds. The van der Waals surface area contributed by atoms with E-state index in [-0.39, 0.29) is 0 Å². The fraction of sp³-hybridized carbons (Fsp3) is 0.0600. The molecule has 0 radical (unpaired) electrons. The molecule has 0 saturated carbocycles. The fourth-order valence-electron chi connectivity index (χ4n) is 7.28. The van der Waals surface area contributed by atoms with E-state index in [1.807, 2.05) is 12.1 Å². The number of benzene rings is 8. The maximum absolute atomic E-state index is 5.34. The highest BCUT2D eigenvalue weighted by Crippen LogP contribution is 2.39. The summed E-state index contributed by atoms with van der Waals surface area (Å²) in [6, 6.07) is 60.9. The second-order valence-corrected chi connectivity index (χ2v) is 13.3. The van der Waals surface area contributed by atoms with Gasteiger partial charge in [0.25, 0.3) is 0 Å². The van der Waals surface area contributed by atoms with Gasteiger partial charge in [-0.3, -0.25) is 4.99 Å². The van der Waals surface area contributed by atoms with Crippen molar-refractivity contribution in [3.63, 3.8) is 0 Å². The van der Waals surface area contributed by atoms with E-state index in [4.69, 9.17) is 4.99 Å². The summed E-state index contributed by atoms with van der Waals surface area (Å²) < 4.78 is 0. The van der Waals surface area contributed by atoms with Gasteiger partial charge in [0, 0.05) is 11.3 Å². The van der Waals surface area contributed by atoms with E-state index in [1.54, 1.807) is 0 Å². The Labute approximate surface area is 300 Å². The van der Waals surface area contributed by atoms with Crippen molar-refractivity contribution in [2.24, 2.45) is 4.99 Å². The van der Waals surface area contributed by atoms with E-state index in [1.165, 1.54) is 54.6 Å².